The summed E-state index contributed by atoms with van der Waals surface area (Å²) in [5.74, 6) is -1.66. The quantitative estimate of drug-likeness (QED) is 0.357. The van der Waals surface area contributed by atoms with Crippen LogP contribution < -0.4 is 9.64 Å². The van der Waals surface area contributed by atoms with E-state index >= 15 is 0 Å². The molecular formula is C25H20F7N3O3. The molecule has 1 aromatic carbocycles. The number of halogens is 7. The van der Waals surface area contributed by atoms with Gasteiger partial charge >= 0.3 is 12.4 Å². The second-order valence-electron chi connectivity index (χ2n) is 9.05. The molecule has 6 nitrogen and oxygen atoms in total. The van der Waals surface area contributed by atoms with E-state index in [4.69, 9.17) is 9.47 Å². The fourth-order valence-corrected chi connectivity index (χ4v) is 4.01. The van der Waals surface area contributed by atoms with Gasteiger partial charge in [0.25, 0.3) is 5.91 Å². The van der Waals surface area contributed by atoms with Gasteiger partial charge in [-0.15, -0.1) is 0 Å². The maximum Gasteiger partial charge on any atom is 0.433 e. The zero-order valence-electron chi connectivity index (χ0n) is 20.0. The third kappa shape index (κ3) is 5.57. The molecule has 1 amide bonds. The van der Waals surface area contributed by atoms with Gasteiger partial charge < -0.3 is 14.4 Å². The summed E-state index contributed by atoms with van der Waals surface area (Å²) in [4.78, 5) is 21.5. The van der Waals surface area contributed by atoms with Crippen LogP contribution in [0.1, 0.15) is 28.7 Å². The van der Waals surface area contributed by atoms with Gasteiger partial charge in [0, 0.05) is 40.9 Å². The summed E-state index contributed by atoms with van der Waals surface area (Å²) in [5.41, 5.74) is -4.57. The molecule has 0 aliphatic carbocycles. The van der Waals surface area contributed by atoms with Crippen molar-refractivity contribution in [1.29, 1.82) is 0 Å². The summed E-state index contributed by atoms with van der Waals surface area (Å²) >= 11 is 0. The van der Waals surface area contributed by atoms with Crippen molar-refractivity contribution in [2.24, 2.45) is 5.41 Å². The number of aromatic nitrogens is 2. The molecular weight excluding hydrogens is 523 g/mol. The van der Waals surface area contributed by atoms with Crippen LogP contribution in [-0.2, 0) is 17.1 Å². The fourth-order valence-electron chi connectivity index (χ4n) is 4.01. The Bertz CT molecular complexity index is 1320. The molecule has 38 heavy (non-hydrogen) atoms. The molecule has 1 aliphatic heterocycles. The average molecular weight is 543 g/mol. The number of amides is 1. The normalized spacial score (nSPS) is 15.1. The predicted octanol–water partition coefficient (Wildman–Crippen LogP) is 6.01. The van der Waals surface area contributed by atoms with Crippen molar-refractivity contribution < 1.29 is 45.0 Å². The smallest absolute Gasteiger partial charge is 0.433 e. The first kappa shape index (κ1) is 27.3. The lowest BCUT2D eigenvalue weighted by Gasteiger charge is -2.42. The van der Waals surface area contributed by atoms with Crippen LogP contribution in [0.4, 0.5) is 36.4 Å². The number of carbonyl (C=O) groups excluding carboxylic acids is 1. The van der Waals surface area contributed by atoms with Gasteiger partial charge in [-0.2, -0.15) is 26.3 Å². The standard InChI is InChI=1S/C25H20F7N3O3/c1-23(12-38-13-23)11-35(18-10-33-6-5-16(18)17-4-3-15(26)9-19(17)37-2)22(36)14-7-20(24(27,28)29)34-21(8-14)25(30,31)32/h3-10H,11-13H2,1-2H3. The Morgan fingerprint density at radius 3 is 2.18 bits per heavy atom. The summed E-state index contributed by atoms with van der Waals surface area (Å²) < 4.78 is 105. The summed E-state index contributed by atoms with van der Waals surface area (Å²) in [6.45, 7) is 2.02. The molecule has 2 aromatic heterocycles. The van der Waals surface area contributed by atoms with E-state index in [2.05, 4.69) is 9.97 Å². The van der Waals surface area contributed by atoms with Gasteiger partial charge in [0.1, 0.15) is 23.0 Å². The first-order valence-corrected chi connectivity index (χ1v) is 11.1. The number of hydrogen-bond acceptors (Lipinski definition) is 5. The largest absolute Gasteiger partial charge is 0.496 e. The van der Waals surface area contributed by atoms with Crippen molar-refractivity contribution >= 4 is 11.6 Å². The monoisotopic (exact) mass is 543 g/mol. The van der Waals surface area contributed by atoms with Gasteiger partial charge in [0.15, 0.2) is 0 Å². The first-order valence-electron chi connectivity index (χ1n) is 11.1. The number of hydrogen-bond donors (Lipinski definition) is 0. The zero-order chi connectivity index (χ0) is 27.9. The van der Waals surface area contributed by atoms with E-state index in [-0.39, 0.29) is 48.9 Å². The highest BCUT2D eigenvalue weighted by atomic mass is 19.4. The molecule has 1 aliphatic rings. The molecule has 3 aromatic rings. The van der Waals surface area contributed by atoms with E-state index < -0.39 is 46.4 Å². The molecule has 0 bridgehead atoms. The number of pyridine rings is 2. The highest BCUT2D eigenvalue weighted by Gasteiger charge is 2.42. The van der Waals surface area contributed by atoms with E-state index in [0.717, 1.165) is 17.0 Å². The Labute approximate surface area is 212 Å². The first-order chi connectivity index (χ1) is 17.7. The minimum atomic E-state index is -5.24. The molecule has 0 radical (unpaired) electrons. The molecule has 0 unspecified atom stereocenters. The number of rotatable bonds is 6. The number of ether oxygens (including phenoxy) is 2. The van der Waals surface area contributed by atoms with Crippen molar-refractivity contribution in [3.63, 3.8) is 0 Å². The van der Waals surface area contributed by atoms with Crippen molar-refractivity contribution in [2.45, 2.75) is 19.3 Å². The molecule has 3 heterocycles. The lowest BCUT2D eigenvalue weighted by Crippen LogP contribution is -2.50. The van der Waals surface area contributed by atoms with Crippen LogP contribution in [0.2, 0.25) is 0 Å². The molecule has 0 atom stereocenters. The highest BCUT2D eigenvalue weighted by Crippen LogP contribution is 2.40. The maximum absolute atomic E-state index is 13.8. The van der Waals surface area contributed by atoms with Crippen LogP contribution in [0, 0.1) is 11.2 Å². The molecule has 0 N–H and O–H groups in total. The Balaban J connectivity index is 1.90. The Morgan fingerprint density at radius 2 is 1.66 bits per heavy atom. The maximum atomic E-state index is 13.8. The van der Waals surface area contributed by atoms with Crippen molar-refractivity contribution in [3.05, 3.63) is 71.6 Å². The van der Waals surface area contributed by atoms with Gasteiger partial charge in [-0.3, -0.25) is 9.78 Å². The SMILES string of the molecule is COc1cc(F)ccc1-c1ccncc1N(CC1(C)COC1)C(=O)c1cc(C(F)(F)F)nc(C(F)(F)F)c1. The second kappa shape index (κ2) is 9.86. The Hall–Kier alpha value is -3.74. The number of alkyl halides is 6. The summed E-state index contributed by atoms with van der Waals surface area (Å²) in [6.07, 6.45) is -7.87. The molecule has 0 saturated carbocycles. The van der Waals surface area contributed by atoms with E-state index in [9.17, 15) is 35.5 Å². The van der Waals surface area contributed by atoms with Crippen LogP contribution in [0.3, 0.4) is 0 Å². The van der Waals surface area contributed by atoms with Crippen molar-refractivity contribution in [1.82, 2.24) is 9.97 Å². The third-order valence-electron chi connectivity index (χ3n) is 5.88. The number of methoxy groups -OCH3 is 1. The minimum Gasteiger partial charge on any atom is -0.496 e. The minimum absolute atomic E-state index is 0.0643. The van der Waals surface area contributed by atoms with Crippen LogP contribution >= 0.6 is 0 Å². The lowest BCUT2D eigenvalue weighted by atomic mass is 9.87. The summed E-state index contributed by atoms with van der Waals surface area (Å²) in [5, 5.41) is 0. The molecule has 1 saturated heterocycles. The molecule has 1 fully saturated rings. The fraction of sp³-hybridized carbons (Fsp3) is 0.320. The van der Waals surface area contributed by atoms with Crippen LogP contribution in [0.25, 0.3) is 11.1 Å². The van der Waals surface area contributed by atoms with Gasteiger partial charge in [-0.1, -0.05) is 6.92 Å². The Morgan fingerprint density at radius 1 is 1.03 bits per heavy atom. The molecule has 0 spiro atoms. The van der Waals surface area contributed by atoms with E-state index in [1.807, 2.05) is 0 Å². The zero-order valence-corrected chi connectivity index (χ0v) is 20.0. The lowest BCUT2D eigenvalue weighted by molar-refractivity contribution is -0.150. The van der Waals surface area contributed by atoms with Gasteiger partial charge in [0.05, 0.1) is 32.2 Å². The van der Waals surface area contributed by atoms with Crippen LogP contribution in [0.5, 0.6) is 5.75 Å². The van der Waals surface area contributed by atoms with Crippen LogP contribution in [0.15, 0.2) is 48.8 Å². The third-order valence-corrected chi connectivity index (χ3v) is 5.88. The van der Waals surface area contributed by atoms with Crippen molar-refractivity contribution in [3.8, 4) is 16.9 Å². The van der Waals surface area contributed by atoms with Gasteiger partial charge in [-0.05, 0) is 30.3 Å². The van der Waals surface area contributed by atoms with Gasteiger partial charge in [0.2, 0.25) is 0 Å². The van der Waals surface area contributed by atoms with E-state index in [1.54, 1.807) is 6.92 Å². The second-order valence-corrected chi connectivity index (χ2v) is 9.05. The molecule has 202 valence electrons. The van der Waals surface area contributed by atoms with Gasteiger partial charge in [-0.25, -0.2) is 9.37 Å². The van der Waals surface area contributed by atoms with E-state index in [1.165, 1.54) is 31.6 Å². The topological polar surface area (TPSA) is 64.6 Å². The van der Waals surface area contributed by atoms with E-state index in [0.29, 0.717) is 5.56 Å². The number of nitrogens with zero attached hydrogens (tertiary/aromatic N) is 3. The average Bonchev–Trinajstić information content (AvgIpc) is 2.84. The van der Waals surface area contributed by atoms with Crippen LogP contribution in [-0.4, -0.2) is 42.7 Å². The molecule has 13 heteroatoms. The predicted molar refractivity (Wildman–Crippen MR) is 121 cm³/mol. The van der Waals surface area contributed by atoms with Crippen molar-refractivity contribution in [2.75, 3.05) is 31.8 Å². The summed E-state index contributed by atoms with van der Waals surface area (Å²) in [6, 6.07) is 5.64. The highest BCUT2D eigenvalue weighted by molar-refractivity contribution is 6.08. The molecule has 4 rings (SSSR count). The number of anilines is 1. The Kier molecular flexibility index (Phi) is 7.08. The summed E-state index contributed by atoms with van der Waals surface area (Å²) in [7, 11) is 1.29. The number of benzene rings is 1. The number of carbonyl (C=O) groups is 1.